The standard InChI is InChI=1S/C24H24Cl2N2O4S2/c1-17-3-10-21(11-4-17)34(30,31)28(22-15-19(26)7-12-23(22)32-2)16-24(29)27-13-14-33-20-8-5-18(25)6-9-20/h3-12,15H,13-14,16H2,1-2H3,(H,27,29). The molecule has 0 heterocycles. The molecule has 0 radical (unpaired) electrons. The number of halogens is 2. The lowest BCUT2D eigenvalue weighted by molar-refractivity contribution is -0.119. The van der Waals surface area contributed by atoms with Gasteiger partial charge < -0.3 is 10.1 Å². The van der Waals surface area contributed by atoms with E-state index < -0.39 is 22.5 Å². The topological polar surface area (TPSA) is 75.7 Å². The summed E-state index contributed by atoms with van der Waals surface area (Å²) in [5.41, 5.74) is 1.10. The number of sulfonamides is 1. The molecular formula is C24H24Cl2N2O4S2. The first-order valence-electron chi connectivity index (χ1n) is 10.3. The fourth-order valence-electron chi connectivity index (χ4n) is 3.07. The van der Waals surface area contributed by atoms with Gasteiger partial charge in [-0.15, -0.1) is 11.8 Å². The van der Waals surface area contributed by atoms with E-state index in [4.69, 9.17) is 27.9 Å². The molecule has 3 aromatic carbocycles. The summed E-state index contributed by atoms with van der Waals surface area (Å²) in [6.07, 6.45) is 0. The molecule has 0 fully saturated rings. The molecule has 0 bridgehead atoms. The second-order valence-electron chi connectivity index (χ2n) is 7.29. The van der Waals surface area contributed by atoms with E-state index in [9.17, 15) is 13.2 Å². The fraction of sp³-hybridized carbons (Fsp3) is 0.208. The van der Waals surface area contributed by atoms with Crippen molar-refractivity contribution >= 4 is 56.6 Å². The lowest BCUT2D eigenvalue weighted by Gasteiger charge is -2.26. The van der Waals surface area contributed by atoms with E-state index in [-0.39, 0.29) is 16.3 Å². The van der Waals surface area contributed by atoms with Crippen molar-refractivity contribution in [1.82, 2.24) is 5.32 Å². The van der Waals surface area contributed by atoms with Gasteiger partial charge in [-0.25, -0.2) is 8.42 Å². The molecule has 180 valence electrons. The number of anilines is 1. The predicted molar refractivity (Wildman–Crippen MR) is 139 cm³/mol. The number of benzene rings is 3. The smallest absolute Gasteiger partial charge is 0.264 e. The maximum Gasteiger partial charge on any atom is 0.264 e. The first-order valence-corrected chi connectivity index (χ1v) is 13.5. The summed E-state index contributed by atoms with van der Waals surface area (Å²) in [6, 6.07) is 18.4. The Hall–Kier alpha value is -2.39. The minimum absolute atomic E-state index is 0.0613. The Morgan fingerprint density at radius 3 is 2.29 bits per heavy atom. The number of hydrogen-bond donors (Lipinski definition) is 1. The molecule has 1 amide bonds. The maximum atomic E-state index is 13.5. The summed E-state index contributed by atoms with van der Waals surface area (Å²) in [6.45, 7) is 1.79. The van der Waals surface area contributed by atoms with Crippen LogP contribution >= 0.6 is 35.0 Å². The lowest BCUT2D eigenvalue weighted by Crippen LogP contribution is -2.41. The van der Waals surface area contributed by atoms with Crippen molar-refractivity contribution in [2.45, 2.75) is 16.7 Å². The number of thioether (sulfide) groups is 1. The van der Waals surface area contributed by atoms with E-state index in [0.29, 0.717) is 22.3 Å². The van der Waals surface area contributed by atoms with Gasteiger partial charge in [0.25, 0.3) is 10.0 Å². The van der Waals surface area contributed by atoms with Crippen LogP contribution in [0.5, 0.6) is 5.75 Å². The summed E-state index contributed by atoms with van der Waals surface area (Å²) in [5, 5.41) is 3.76. The van der Waals surface area contributed by atoms with Gasteiger partial charge in [0.1, 0.15) is 12.3 Å². The number of rotatable bonds is 10. The molecule has 0 aliphatic heterocycles. The summed E-state index contributed by atoms with van der Waals surface area (Å²) in [4.78, 5) is 13.9. The van der Waals surface area contributed by atoms with Crippen molar-refractivity contribution in [1.29, 1.82) is 0 Å². The number of amides is 1. The van der Waals surface area contributed by atoms with Gasteiger partial charge >= 0.3 is 0 Å². The van der Waals surface area contributed by atoms with Crippen LogP contribution < -0.4 is 14.4 Å². The lowest BCUT2D eigenvalue weighted by atomic mass is 10.2. The van der Waals surface area contributed by atoms with Crippen LogP contribution in [0.2, 0.25) is 10.0 Å². The molecule has 6 nitrogen and oxygen atoms in total. The molecule has 34 heavy (non-hydrogen) atoms. The van der Waals surface area contributed by atoms with Gasteiger partial charge in [-0.2, -0.15) is 0 Å². The molecule has 0 saturated carbocycles. The minimum Gasteiger partial charge on any atom is -0.495 e. The molecule has 0 unspecified atom stereocenters. The molecule has 3 rings (SSSR count). The normalized spacial score (nSPS) is 11.2. The van der Waals surface area contributed by atoms with Crippen LogP contribution in [0, 0.1) is 6.92 Å². The van der Waals surface area contributed by atoms with Crippen molar-refractivity contribution in [3.63, 3.8) is 0 Å². The summed E-state index contributed by atoms with van der Waals surface area (Å²) >= 11 is 13.6. The highest BCUT2D eigenvalue weighted by Crippen LogP contribution is 2.34. The van der Waals surface area contributed by atoms with Crippen LogP contribution in [0.3, 0.4) is 0 Å². The Morgan fingerprint density at radius 1 is 1.00 bits per heavy atom. The highest BCUT2D eigenvalue weighted by molar-refractivity contribution is 7.99. The van der Waals surface area contributed by atoms with Gasteiger partial charge in [-0.1, -0.05) is 40.9 Å². The average molecular weight is 540 g/mol. The molecule has 0 atom stereocenters. The van der Waals surface area contributed by atoms with Gasteiger partial charge in [0.2, 0.25) is 5.91 Å². The van der Waals surface area contributed by atoms with E-state index in [1.165, 1.54) is 25.3 Å². The van der Waals surface area contributed by atoms with E-state index in [1.54, 1.807) is 48.2 Å². The second-order valence-corrected chi connectivity index (χ2v) is 11.2. The van der Waals surface area contributed by atoms with E-state index >= 15 is 0 Å². The molecule has 0 aliphatic rings. The Morgan fingerprint density at radius 2 is 1.65 bits per heavy atom. The third-order valence-electron chi connectivity index (χ3n) is 4.81. The Balaban J connectivity index is 1.78. The zero-order chi connectivity index (χ0) is 24.7. The first kappa shape index (κ1) is 26.2. The van der Waals surface area contributed by atoms with Gasteiger partial charge in [0.15, 0.2) is 0 Å². The van der Waals surface area contributed by atoms with E-state index in [2.05, 4.69) is 5.32 Å². The van der Waals surface area contributed by atoms with Crippen LogP contribution in [0.4, 0.5) is 5.69 Å². The minimum atomic E-state index is -4.08. The van der Waals surface area contributed by atoms with Gasteiger partial charge in [0.05, 0.1) is 17.7 Å². The zero-order valence-corrected chi connectivity index (χ0v) is 21.8. The number of ether oxygens (including phenoxy) is 1. The van der Waals surface area contributed by atoms with Crippen LogP contribution in [-0.4, -0.2) is 40.3 Å². The van der Waals surface area contributed by atoms with E-state index in [0.717, 1.165) is 14.8 Å². The zero-order valence-electron chi connectivity index (χ0n) is 18.6. The number of carbonyl (C=O) groups excluding carboxylic acids is 1. The van der Waals surface area contributed by atoms with Crippen molar-refractivity contribution < 1.29 is 17.9 Å². The molecule has 3 aromatic rings. The van der Waals surface area contributed by atoms with Gasteiger partial charge in [-0.3, -0.25) is 9.10 Å². The molecule has 0 aromatic heterocycles. The third-order valence-corrected chi connectivity index (χ3v) is 8.09. The van der Waals surface area contributed by atoms with Crippen molar-refractivity contribution in [3.05, 3.63) is 82.3 Å². The second kappa shape index (κ2) is 11.8. The summed E-state index contributed by atoms with van der Waals surface area (Å²) in [5.74, 6) is 0.444. The number of nitrogens with one attached hydrogen (secondary N) is 1. The summed E-state index contributed by atoms with van der Waals surface area (Å²) < 4.78 is 33.4. The SMILES string of the molecule is COc1ccc(Cl)cc1N(CC(=O)NCCSc1ccc(Cl)cc1)S(=O)(=O)c1ccc(C)cc1. The summed E-state index contributed by atoms with van der Waals surface area (Å²) in [7, 11) is -2.65. The molecule has 10 heteroatoms. The molecule has 0 spiro atoms. The highest BCUT2D eigenvalue weighted by Gasteiger charge is 2.29. The number of hydrogen-bond acceptors (Lipinski definition) is 5. The van der Waals surface area contributed by atoms with Crippen molar-refractivity contribution in [2.75, 3.05) is 30.3 Å². The van der Waals surface area contributed by atoms with Gasteiger partial charge in [0, 0.05) is 27.2 Å². The Labute approximate surface area is 214 Å². The van der Waals surface area contributed by atoms with Crippen molar-refractivity contribution in [3.8, 4) is 5.75 Å². The quantitative estimate of drug-likeness (QED) is 0.275. The van der Waals surface area contributed by atoms with E-state index in [1.807, 2.05) is 19.1 Å². The molecule has 0 aliphatic carbocycles. The third kappa shape index (κ3) is 6.82. The number of methoxy groups -OCH3 is 1. The van der Waals surface area contributed by atoms with Crippen molar-refractivity contribution in [2.24, 2.45) is 0 Å². The molecule has 0 saturated heterocycles. The fourth-order valence-corrected chi connectivity index (χ4v) is 5.56. The monoisotopic (exact) mass is 538 g/mol. The van der Waals surface area contributed by atoms with Crippen LogP contribution in [0.25, 0.3) is 0 Å². The highest BCUT2D eigenvalue weighted by atomic mass is 35.5. The molecular weight excluding hydrogens is 515 g/mol. The predicted octanol–water partition coefficient (Wildman–Crippen LogP) is 5.41. The Bertz CT molecular complexity index is 1230. The molecule has 1 N–H and O–H groups in total. The first-order chi connectivity index (χ1) is 16.2. The number of nitrogens with zero attached hydrogens (tertiary/aromatic N) is 1. The van der Waals surface area contributed by atoms with Crippen LogP contribution in [-0.2, 0) is 14.8 Å². The van der Waals surface area contributed by atoms with Crippen LogP contribution in [0.15, 0.2) is 76.5 Å². The Kier molecular flexibility index (Phi) is 9.13. The van der Waals surface area contributed by atoms with Crippen LogP contribution in [0.1, 0.15) is 5.56 Å². The largest absolute Gasteiger partial charge is 0.495 e. The van der Waals surface area contributed by atoms with Gasteiger partial charge in [-0.05, 0) is 61.5 Å². The maximum absolute atomic E-state index is 13.5. The number of carbonyl (C=O) groups is 1. The number of aryl methyl sites for hydroxylation is 1. The average Bonchev–Trinajstić information content (AvgIpc) is 2.81.